The van der Waals surface area contributed by atoms with Crippen LogP contribution in [0.5, 0.6) is 0 Å². The van der Waals surface area contributed by atoms with Gasteiger partial charge in [0.1, 0.15) is 5.82 Å². The predicted octanol–water partition coefficient (Wildman–Crippen LogP) is 3.43. The van der Waals surface area contributed by atoms with Gasteiger partial charge in [0, 0.05) is 11.7 Å². The van der Waals surface area contributed by atoms with Gasteiger partial charge in [-0.3, -0.25) is 4.79 Å². The number of carbonyl (C=O) groups is 1. The third-order valence-electron chi connectivity index (χ3n) is 4.13. The fourth-order valence-electron chi connectivity index (χ4n) is 2.57. The maximum Gasteiger partial charge on any atom is 0.224 e. The largest absolute Gasteiger partial charge is 0.394 e. The minimum absolute atomic E-state index is 0.0280. The van der Waals surface area contributed by atoms with E-state index in [1.165, 1.54) is 12.1 Å². The molecule has 0 fully saturated rings. The zero-order valence-electron chi connectivity index (χ0n) is 14.6. The van der Waals surface area contributed by atoms with Gasteiger partial charge in [0.15, 0.2) is 0 Å². The smallest absolute Gasteiger partial charge is 0.224 e. The minimum atomic E-state index is -0.249. The molecule has 4 nitrogen and oxygen atoms in total. The average Bonchev–Trinajstić information content (AvgIpc) is 2.61. The standard InChI is InChI=1S/C20H25FN2O2/c1-3-18(13-24)23-20(25)11-15-7-9-19(10-8-15)22-14(2)16-5-4-6-17(21)12-16/h4-10,12,14,18,22,24H,3,11,13H2,1-2H3,(H,23,25). The Bertz CT molecular complexity index is 684. The van der Waals surface area contributed by atoms with Crippen molar-refractivity contribution in [3.05, 3.63) is 65.5 Å². The van der Waals surface area contributed by atoms with Crippen LogP contribution in [0.15, 0.2) is 48.5 Å². The van der Waals surface area contributed by atoms with E-state index < -0.39 is 0 Å². The Morgan fingerprint density at radius 2 is 1.92 bits per heavy atom. The van der Waals surface area contributed by atoms with E-state index in [9.17, 15) is 9.18 Å². The lowest BCUT2D eigenvalue weighted by atomic mass is 10.1. The zero-order chi connectivity index (χ0) is 18.2. The van der Waals surface area contributed by atoms with Crippen molar-refractivity contribution < 1.29 is 14.3 Å². The topological polar surface area (TPSA) is 61.4 Å². The van der Waals surface area contributed by atoms with E-state index in [4.69, 9.17) is 5.11 Å². The Hall–Kier alpha value is -2.40. The van der Waals surface area contributed by atoms with Crippen LogP contribution in [-0.2, 0) is 11.2 Å². The third kappa shape index (κ3) is 5.87. The first-order chi connectivity index (χ1) is 12.0. The molecule has 25 heavy (non-hydrogen) atoms. The van der Waals surface area contributed by atoms with Gasteiger partial charge in [0.2, 0.25) is 5.91 Å². The summed E-state index contributed by atoms with van der Waals surface area (Å²) in [4.78, 5) is 11.9. The van der Waals surface area contributed by atoms with E-state index in [1.54, 1.807) is 6.07 Å². The molecule has 2 aromatic rings. The third-order valence-corrected chi connectivity index (χ3v) is 4.13. The van der Waals surface area contributed by atoms with Crippen molar-refractivity contribution in [3.63, 3.8) is 0 Å². The molecule has 0 heterocycles. The molecule has 2 rings (SSSR count). The van der Waals surface area contributed by atoms with Crippen molar-refractivity contribution in [1.82, 2.24) is 5.32 Å². The second-order valence-electron chi connectivity index (χ2n) is 6.15. The number of hydrogen-bond acceptors (Lipinski definition) is 3. The number of rotatable bonds is 8. The summed E-state index contributed by atoms with van der Waals surface area (Å²) in [5.74, 6) is -0.351. The fourth-order valence-corrected chi connectivity index (χ4v) is 2.57. The number of aliphatic hydroxyl groups excluding tert-OH is 1. The summed E-state index contributed by atoms with van der Waals surface area (Å²) >= 11 is 0. The molecule has 2 atom stereocenters. The van der Waals surface area contributed by atoms with Crippen molar-refractivity contribution >= 4 is 11.6 Å². The molecule has 0 aliphatic rings. The van der Waals surface area contributed by atoms with Gasteiger partial charge < -0.3 is 15.7 Å². The molecule has 0 aromatic heterocycles. The molecule has 0 saturated heterocycles. The predicted molar refractivity (Wildman–Crippen MR) is 97.9 cm³/mol. The second-order valence-corrected chi connectivity index (χ2v) is 6.15. The van der Waals surface area contributed by atoms with Gasteiger partial charge in [-0.15, -0.1) is 0 Å². The average molecular weight is 344 g/mol. The number of carbonyl (C=O) groups excluding carboxylic acids is 1. The summed E-state index contributed by atoms with van der Waals surface area (Å²) in [5, 5.41) is 15.2. The first-order valence-corrected chi connectivity index (χ1v) is 8.53. The molecule has 0 radical (unpaired) electrons. The van der Waals surface area contributed by atoms with E-state index in [1.807, 2.05) is 44.2 Å². The lowest BCUT2D eigenvalue weighted by molar-refractivity contribution is -0.121. The number of aliphatic hydroxyl groups is 1. The summed E-state index contributed by atoms with van der Waals surface area (Å²) in [6.45, 7) is 3.83. The number of hydrogen-bond donors (Lipinski definition) is 3. The van der Waals surface area contributed by atoms with Crippen LogP contribution in [0.25, 0.3) is 0 Å². The highest BCUT2D eigenvalue weighted by molar-refractivity contribution is 5.79. The normalized spacial score (nSPS) is 13.1. The number of amides is 1. The van der Waals surface area contributed by atoms with Crippen molar-refractivity contribution in [2.45, 2.75) is 38.8 Å². The van der Waals surface area contributed by atoms with Crippen LogP contribution in [0.3, 0.4) is 0 Å². The van der Waals surface area contributed by atoms with Gasteiger partial charge in [-0.2, -0.15) is 0 Å². The van der Waals surface area contributed by atoms with Crippen LogP contribution in [0.1, 0.15) is 37.4 Å². The van der Waals surface area contributed by atoms with Gasteiger partial charge in [-0.05, 0) is 48.7 Å². The van der Waals surface area contributed by atoms with Crippen molar-refractivity contribution in [2.75, 3.05) is 11.9 Å². The Kier molecular flexibility index (Phi) is 6.95. The zero-order valence-corrected chi connectivity index (χ0v) is 14.6. The monoisotopic (exact) mass is 344 g/mol. The number of anilines is 1. The molecular formula is C20H25FN2O2. The quantitative estimate of drug-likeness (QED) is 0.687. The van der Waals surface area contributed by atoms with Crippen LogP contribution in [0.4, 0.5) is 10.1 Å². The molecule has 0 aliphatic heterocycles. The lowest BCUT2D eigenvalue weighted by Crippen LogP contribution is -2.37. The van der Waals surface area contributed by atoms with Crippen LogP contribution < -0.4 is 10.6 Å². The number of benzene rings is 2. The van der Waals surface area contributed by atoms with Gasteiger partial charge in [0.05, 0.1) is 19.1 Å². The fraction of sp³-hybridized carbons (Fsp3) is 0.350. The van der Waals surface area contributed by atoms with Gasteiger partial charge in [-0.25, -0.2) is 4.39 Å². The summed E-state index contributed by atoms with van der Waals surface area (Å²) in [6, 6.07) is 13.9. The summed E-state index contributed by atoms with van der Waals surface area (Å²) in [7, 11) is 0. The molecule has 0 bridgehead atoms. The molecule has 3 N–H and O–H groups in total. The molecule has 0 aliphatic carbocycles. The minimum Gasteiger partial charge on any atom is -0.394 e. The van der Waals surface area contributed by atoms with Crippen molar-refractivity contribution in [2.24, 2.45) is 0 Å². The summed E-state index contributed by atoms with van der Waals surface area (Å²) in [6.07, 6.45) is 0.972. The maximum absolute atomic E-state index is 13.3. The Morgan fingerprint density at radius 3 is 2.52 bits per heavy atom. The first-order valence-electron chi connectivity index (χ1n) is 8.53. The summed E-state index contributed by atoms with van der Waals surface area (Å²) in [5.41, 5.74) is 2.68. The van der Waals surface area contributed by atoms with Crippen LogP contribution in [-0.4, -0.2) is 23.7 Å². The highest BCUT2D eigenvalue weighted by Gasteiger charge is 2.10. The molecule has 5 heteroatoms. The second kappa shape index (κ2) is 9.18. The van der Waals surface area contributed by atoms with E-state index in [0.717, 1.165) is 16.8 Å². The number of halogens is 1. The highest BCUT2D eigenvalue weighted by Crippen LogP contribution is 2.20. The van der Waals surface area contributed by atoms with Gasteiger partial charge in [-0.1, -0.05) is 31.2 Å². The van der Waals surface area contributed by atoms with Gasteiger partial charge in [0.25, 0.3) is 0 Å². The molecule has 0 spiro atoms. The molecule has 2 aromatic carbocycles. The SMILES string of the molecule is CCC(CO)NC(=O)Cc1ccc(NC(C)c2cccc(F)c2)cc1. The number of nitrogens with one attached hydrogen (secondary N) is 2. The highest BCUT2D eigenvalue weighted by atomic mass is 19.1. The first kappa shape index (κ1) is 18.9. The van der Waals surface area contributed by atoms with Gasteiger partial charge >= 0.3 is 0 Å². The molecule has 0 saturated carbocycles. The lowest BCUT2D eigenvalue weighted by Gasteiger charge is -2.16. The van der Waals surface area contributed by atoms with E-state index >= 15 is 0 Å². The van der Waals surface area contributed by atoms with Crippen LogP contribution in [0.2, 0.25) is 0 Å². The van der Waals surface area contributed by atoms with Crippen LogP contribution >= 0.6 is 0 Å². The molecule has 2 unspecified atom stereocenters. The Balaban J connectivity index is 1.92. The Labute approximate surface area is 148 Å². The van der Waals surface area contributed by atoms with Crippen molar-refractivity contribution in [1.29, 1.82) is 0 Å². The van der Waals surface area contributed by atoms with E-state index in [-0.39, 0.29) is 36.8 Å². The van der Waals surface area contributed by atoms with Crippen LogP contribution in [0, 0.1) is 5.82 Å². The summed E-state index contributed by atoms with van der Waals surface area (Å²) < 4.78 is 13.3. The molecule has 1 amide bonds. The Morgan fingerprint density at radius 1 is 1.20 bits per heavy atom. The van der Waals surface area contributed by atoms with E-state index in [0.29, 0.717) is 6.42 Å². The molecule has 134 valence electrons. The molecular weight excluding hydrogens is 319 g/mol. The van der Waals surface area contributed by atoms with Crippen molar-refractivity contribution in [3.8, 4) is 0 Å². The maximum atomic E-state index is 13.3. The van der Waals surface area contributed by atoms with E-state index in [2.05, 4.69) is 10.6 Å².